The first kappa shape index (κ1) is 23.9. The number of ether oxygens (including phenoxy) is 2. The van der Waals surface area contributed by atoms with Gasteiger partial charge in [-0.05, 0) is 44.3 Å². The van der Waals surface area contributed by atoms with Crippen molar-refractivity contribution in [3.05, 3.63) is 36.5 Å². The number of allylic oxidation sites excluding steroid dienone is 5. The molecule has 1 aliphatic carbocycles. The van der Waals surface area contributed by atoms with Gasteiger partial charge in [-0.2, -0.15) is 0 Å². The zero-order valence-electron chi connectivity index (χ0n) is 17.4. The maximum atomic E-state index is 12.2. The van der Waals surface area contributed by atoms with Crippen molar-refractivity contribution in [2.45, 2.75) is 71.3 Å². The molecule has 0 spiro atoms. The number of hydrogen-bond donors (Lipinski definition) is 0. The van der Waals surface area contributed by atoms with Gasteiger partial charge in [-0.1, -0.05) is 44.1 Å². The molecule has 28 heavy (non-hydrogen) atoms. The van der Waals surface area contributed by atoms with E-state index < -0.39 is 0 Å². The van der Waals surface area contributed by atoms with Gasteiger partial charge in [0.15, 0.2) is 5.78 Å². The molecule has 0 N–H and O–H groups in total. The highest BCUT2D eigenvalue weighted by Gasteiger charge is 2.27. The fourth-order valence-corrected chi connectivity index (χ4v) is 3.21. The Balaban J connectivity index is 2.53. The Morgan fingerprint density at radius 3 is 2.68 bits per heavy atom. The number of hydrogen-bond acceptors (Lipinski definition) is 5. The summed E-state index contributed by atoms with van der Waals surface area (Å²) in [5.74, 6) is -0.437. The van der Waals surface area contributed by atoms with Crippen molar-refractivity contribution < 1.29 is 23.9 Å². The lowest BCUT2D eigenvalue weighted by Crippen LogP contribution is -2.16. The van der Waals surface area contributed by atoms with Crippen LogP contribution in [0.3, 0.4) is 0 Å². The predicted octanol–water partition coefficient (Wildman–Crippen LogP) is 4.72. The van der Waals surface area contributed by atoms with Crippen molar-refractivity contribution in [1.82, 2.24) is 0 Å². The van der Waals surface area contributed by atoms with E-state index in [4.69, 9.17) is 4.74 Å². The number of esters is 2. The summed E-state index contributed by atoms with van der Waals surface area (Å²) >= 11 is 0. The van der Waals surface area contributed by atoms with Crippen molar-refractivity contribution in [2.24, 2.45) is 11.8 Å². The molecule has 1 rings (SSSR count). The van der Waals surface area contributed by atoms with Crippen LogP contribution < -0.4 is 0 Å². The third-order valence-electron chi connectivity index (χ3n) is 4.81. The van der Waals surface area contributed by atoms with Crippen LogP contribution >= 0.6 is 0 Å². The zero-order chi connectivity index (χ0) is 20.8. The number of rotatable bonds is 13. The minimum absolute atomic E-state index is 0.0245. The van der Waals surface area contributed by atoms with E-state index in [1.807, 2.05) is 30.4 Å². The van der Waals surface area contributed by atoms with Gasteiger partial charge >= 0.3 is 11.9 Å². The molecule has 5 nitrogen and oxygen atoms in total. The van der Waals surface area contributed by atoms with Crippen LogP contribution in [-0.4, -0.2) is 30.9 Å². The predicted molar refractivity (Wildman–Crippen MR) is 110 cm³/mol. The first-order chi connectivity index (χ1) is 13.5. The Labute approximate surface area is 168 Å². The first-order valence-corrected chi connectivity index (χ1v) is 10.3. The molecule has 0 saturated carbocycles. The molecule has 1 aliphatic rings. The number of unbranched alkanes of at least 4 members (excludes halogenated alkanes) is 3. The largest absolute Gasteiger partial charge is 0.469 e. The Hall–Kier alpha value is -2.17. The fraction of sp³-hybridized carbons (Fsp3) is 0.609. The van der Waals surface area contributed by atoms with E-state index in [0.29, 0.717) is 12.8 Å². The van der Waals surface area contributed by atoms with Crippen LogP contribution in [0.5, 0.6) is 0 Å². The van der Waals surface area contributed by atoms with E-state index in [-0.39, 0.29) is 35.7 Å². The van der Waals surface area contributed by atoms with Gasteiger partial charge in [0.1, 0.15) is 6.10 Å². The van der Waals surface area contributed by atoms with Crippen LogP contribution in [0.15, 0.2) is 36.5 Å². The molecule has 0 aliphatic heterocycles. The molecule has 3 atom stereocenters. The summed E-state index contributed by atoms with van der Waals surface area (Å²) in [4.78, 5) is 34.6. The second-order valence-corrected chi connectivity index (χ2v) is 7.15. The maximum absolute atomic E-state index is 12.2. The zero-order valence-corrected chi connectivity index (χ0v) is 17.4. The number of carbonyl (C=O) groups is 3. The monoisotopic (exact) mass is 390 g/mol. The van der Waals surface area contributed by atoms with E-state index in [1.54, 1.807) is 6.08 Å². The summed E-state index contributed by atoms with van der Waals surface area (Å²) in [6.45, 7) is 3.56. The average molecular weight is 391 g/mol. The van der Waals surface area contributed by atoms with Gasteiger partial charge in [0.25, 0.3) is 0 Å². The molecule has 0 aromatic heterocycles. The van der Waals surface area contributed by atoms with Gasteiger partial charge in [0, 0.05) is 25.2 Å². The lowest BCUT2D eigenvalue weighted by atomic mass is 9.90. The maximum Gasteiger partial charge on any atom is 0.305 e. The van der Waals surface area contributed by atoms with Crippen LogP contribution in [0.4, 0.5) is 0 Å². The van der Waals surface area contributed by atoms with Crippen LogP contribution in [0, 0.1) is 11.8 Å². The Morgan fingerprint density at radius 1 is 1.21 bits per heavy atom. The molecule has 5 heteroatoms. The molecule has 156 valence electrons. The Kier molecular flexibility index (Phi) is 11.9. The molecule has 0 saturated heterocycles. The smallest absolute Gasteiger partial charge is 0.305 e. The number of methoxy groups -OCH3 is 1. The van der Waals surface area contributed by atoms with Crippen molar-refractivity contribution in [3.8, 4) is 0 Å². The van der Waals surface area contributed by atoms with E-state index in [9.17, 15) is 14.4 Å². The SMILES string of the molecule is CCCCCC(/C=C/C1C=CC(=O)C1C/C=C/CCCC(=O)OC)OC(C)=O. The van der Waals surface area contributed by atoms with Crippen molar-refractivity contribution in [3.63, 3.8) is 0 Å². The minimum Gasteiger partial charge on any atom is -0.469 e. The van der Waals surface area contributed by atoms with E-state index in [0.717, 1.165) is 38.5 Å². The van der Waals surface area contributed by atoms with Gasteiger partial charge in [-0.15, -0.1) is 0 Å². The van der Waals surface area contributed by atoms with Crippen LogP contribution in [-0.2, 0) is 23.9 Å². The summed E-state index contributed by atoms with van der Waals surface area (Å²) < 4.78 is 10.00. The number of ketones is 1. The van der Waals surface area contributed by atoms with Crippen LogP contribution in [0.2, 0.25) is 0 Å². The normalized spacial score (nSPS) is 20.2. The lowest BCUT2D eigenvalue weighted by Gasteiger charge is -2.16. The van der Waals surface area contributed by atoms with Gasteiger partial charge in [0.2, 0.25) is 0 Å². The molecule has 0 fully saturated rings. The Morgan fingerprint density at radius 2 is 2.00 bits per heavy atom. The Bertz CT molecular complexity index is 588. The topological polar surface area (TPSA) is 69.7 Å². The highest BCUT2D eigenvalue weighted by molar-refractivity contribution is 5.95. The van der Waals surface area contributed by atoms with Crippen LogP contribution in [0.25, 0.3) is 0 Å². The lowest BCUT2D eigenvalue weighted by molar-refractivity contribution is -0.144. The number of carbonyl (C=O) groups excluding carboxylic acids is 3. The van der Waals surface area contributed by atoms with Gasteiger partial charge < -0.3 is 9.47 Å². The fourth-order valence-electron chi connectivity index (χ4n) is 3.21. The van der Waals surface area contributed by atoms with E-state index in [2.05, 4.69) is 11.7 Å². The van der Waals surface area contributed by atoms with E-state index in [1.165, 1.54) is 14.0 Å². The molecule has 0 heterocycles. The molecular formula is C23H34O5. The first-order valence-electron chi connectivity index (χ1n) is 10.3. The van der Waals surface area contributed by atoms with Gasteiger partial charge in [-0.3, -0.25) is 14.4 Å². The summed E-state index contributed by atoms with van der Waals surface area (Å²) in [6.07, 6.45) is 17.9. The molecule has 0 radical (unpaired) electrons. The minimum atomic E-state index is -0.282. The molecule has 3 unspecified atom stereocenters. The molecule has 0 amide bonds. The highest BCUT2D eigenvalue weighted by Crippen LogP contribution is 2.28. The summed E-state index contributed by atoms with van der Waals surface area (Å²) in [5, 5.41) is 0. The molecular weight excluding hydrogens is 356 g/mol. The third-order valence-corrected chi connectivity index (χ3v) is 4.81. The van der Waals surface area contributed by atoms with Gasteiger partial charge in [-0.25, -0.2) is 0 Å². The third kappa shape index (κ3) is 9.67. The van der Waals surface area contributed by atoms with Crippen molar-refractivity contribution >= 4 is 17.7 Å². The van der Waals surface area contributed by atoms with Crippen molar-refractivity contribution in [1.29, 1.82) is 0 Å². The van der Waals surface area contributed by atoms with Gasteiger partial charge in [0.05, 0.1) is 7.11 Å². The standard InChI is InChI=1S/C23H34O5/c1-4-5-8-11-20(28-18(2)24)16-14-19-15-17-22(25)21(19)12-9-6-7-10-13-23(26)27-3/h6,9,14-17,19-21H,4-5,7-8,10-13H2,1-3H3/b9-6+,16-14+. The summed E-state index contributed by atoms with van der Waals surface area (Å²) in [7, 11) is 1.39. The second-order valence-electron chi connectivity index (χ2n) is 7.15. The quantitative estimate of drug-likeness (QED) is 0.259. The molecule has 0 aromatic carbocycles. The summed E-state index contributed by atoms with van der Waals surface area (Å²) in [6, 6.07) is 0. The summed E-state index contributed by atoms with van der Waals surface area (Å²) in [5.41, 5.74) is 0. The average Bonchev–Trinajstić information content (AvgIpc) is 3.01. The molecule has 0 bridgehead atoms. The molecule has 0 aromatic rings. The highest BCUT2D eigenvalue weighted by atomic mass is 16.5. The van der Waals surface area contributed by atoms with Crippen LogP contribution in [0.1, 0.15) is 65.2 Å². The van der Waals surface area contributed by atoms with E-state index >= 15 is 0 Å². The van der Waals surface area contributed by atoms with Crippen molar-refractivity contribution in [2.75, 3.05) is 7.11 Å². The second kappa shape index (κ2) is 13.9.